The van der Waals surface area contributed by atoms with Crippen molar-refractivity contribution in [3.8, 4) is 11.5 Å². The fourth-order valence-corrected chi connectivity index (χ4v) is 4.35. The molecule has 8 heteroatoms. The molecule has 0 bridgehead atoms. The lowest BCUT2D eigenvalue weighted by molar-refractivity contribution is -0.122. The molecule has 0 spiro atoms. The van der Waals surface area contributed by atoms with Crippen molar-refractivity contribution >= 4 is 21.6 Å². The van der Waals surface area contributed by atoms with Gasteiger partial charge >= 0.3 is 0 Å². The van der Waals surface area contributed by atoms with Crippen LogP contribution in [-0.2, 0) is 21.4 Å². The highest BCUT2D eigenvalue weighted by molar-refractivity contribution is 7.92. The number of rotatable bonds is 11. The molecule has 0 fully saturated rings. The maximum Gasteiger partial charge on any atom is 0.244 e. The molecular weight excluding hydrogens is 404 g/mol. The van der Waals surface area contributed by atoms with Crippen LogP contribution in [0, 0.1) is 0 Å². The van der Waals surface area contributed by atoms with Gasteiger partial charge < -0.3 is 14.8 Å². The fraction of sp³-hybridized carbons (Fsp3) is 0.409. The summed E-state index contributed by atoms with van der Waals surface area (Å²) in [5.41, 5.74) is 1.29. The van der Waals surface area contributed by atoms with Crippen LogP contribution in [0.15, 0.2) is 48.5 Å². The van der Waals surface area contributed by atoms with Gasteiger partial charge in [-0.25, -0.2) is 8.42 Å². The third-order valence-electron chi connectivity index (χ3n) is 4.41. The van der Waals surface area contributed by atoms with Gasteiger partial charge in [-0.3, -0.25) is 9.10 Å². The quantitative estimate of drug-likeness (QED) is 0.586. The van der Waals surface area contributed by atoms with Crippen molar-refractivity contribution < 1.29 is 22.7 Å². The molecular formula is C22H30N2O5S. The van der Waals surface area contributed by atoms with E-state index in [0.717, 1.165) is 21.9 Å². The molecule has 1 unspecified atom stereocenters. The van der Waals surface area contributed by atoms with Gasteiger partial charge in [-0.2, -0.15) is 0 Å². The van der Waals surface area contributed by atoms with E-state index in [1.54, 1.807) is 31.2 Å². The molecule has 2 aromatic carbocycles. The Morgan fingerprint density at radius 1 is 1.00 bits per heavy atom. The predicted octanol–water partition coefficient (Wildman–Crippen LogP) is 3.35. The Bertz CT molecular complexity index is 929. The van der Waals surface area contributed by atoms with Crippen molar-refractivity contribution in [1.82, 2.24) is 5.32 Å². The van der Waals surface area contributed by atoms with Gasteiger partial charge in [0.25, 0.3) is 0 Å². The Hall–Kier alpha value is -2.74. The molecule has 0 saturated heterocycles. The molecule has 0 aliphatic rings. The van der Waals surface area contributed by atoms with Crippen molar-refractivity contribution in [1.29, 1.82) is 0 Å². The highest BCUT2D eigenvalue weighted by Crippen LogP contribution is 2.25. The number of benzene rings is 2. The van der Waals surface area contributed by atoms with E-state index in [9.17, 15) is 13.2 Å². The molecule has 2 rings (SSSR count). The van der Waals surface area contributed by atoms with Gasteiger partial charge in [0.15, 0.2) is 0 Å². The minimum Gasteiger partial charge on any atom is -0.494 e. The maximum absolute atomic E-state index is 12.9. The van der Waals surface area contributed by atoms with Crippen molar-refractivity contribution in [3.63, 3.8) is 0 Å². The molecule has 0 radical (unpaired) electrons. The maximum atomic E-state index is 12.9. The fourth-order valence-electron chi connectivity index (χ4n) is 3.14. The Morgan fingerprint density at radius 2 is 1.63 bits per heavy atom. The van der Waals surface area contributed by atoms with Gasteiger partial charge in [-0.15, -0.1) is 0 Å². The second kappa shape index (κ2) is 10.9. The van der Waals surface area contributed by atoms with Gasteiger partial charge in [0.1, 0.15) is 17.5 Å². The van der Waals surface area contributed by atoms with Crippen molar-refractivity contribution in [2.45, 2.75) is 39.8 Å². The number of sulfonamides is 1. The Balaban J connectivity index is 2.20. The van der Waals surface area contributed by atoms with E-state index < -0.39 is 16.1 Å². The average Bonchev–Trinajstić information content (AvgIpc) is 2.71. The molecule has 1 N–H and O–H groups in total. The summed E-state index contributed by atoms with van der Waals surface area (Å²) >= 11 is 0. The SMILES string of the molecule is CCOc1ccc(N(C(CC)C(=O)NCc2cccc(OCC)c2)S(C)(=O)=O)cc1. The van der Waals surface area contributed by atoms with Crippen LogP contribution in [-0.4, -0.2) is 39.8 Å². The van der Waals surface area contributed by atoms with E-state index >= 15 is 0 Å². The third kappa shape index (κ3) is 6.38. The van der Waals surface area contributed by atoms with Gasteiger partial charge in [0.2, 0.25) is 15.9 Å². The minimum absolute atomic E-state index is 0.275. The van der Waals surface area contributed by atoms with Crippen molar-refractivity contribution in [2.75, 3.05) is 23.8 Å². The highest BCUT2D eigenvalue weighted by atomic mass is 32.2. The van der Waals surface area contributed by atoms with E-state index in [1.165, 1.54) is 0 Å². The first-order chi connectivity index (χ1) is 14.3. The smallest absolute Gasteiger partial charge is 0.244 e. The molecule has 0 heterocycles. The second-order valence-corrected chi connectivity index (χ2v) is 8.57. The normalized spacial score (nSPS) is 12.1. The number of nitrogens with one attached hydrogen (secondary N) is 1. The number of carbonyl (C=O) groups excluding carboxylic acids is 1. The number of hydrogen-bond donors (Lipinski definition) is 1. The monoisotopic (exact) mass is 434 g/mol. The van der Waals surface area contributed by atoms with Crippen LogP contribution in [0.3, 0.4) is 0 Å². The molecule has 0 aliphatic heterocycles. The van der Waals surface area contributed by atoms with Crippen LogP contribution in [0.1, 0.15) is 32.8 Å². The van der Waals surface area contributed by atoms with Crippen molar-refractivity contribution in [2.24, 2.45) is 0 Å². The van der Waals surface area contributed by atoms with Gasteiger partial charge in [0.05, 0.1) is 25.2 Å². The standard InChI is InChI=1S/C22H30N2O5S/c1-5-21(22(25)23-16-17-9-8-10-20(15-17)29-7-3)24(30(4,26)27)18-11-13-19(14-12-18)28-6-2/h8-15,21H,5-7,16H2,1-4H3,(H,23,25). The average molecular weight is 435 g/mol. The molecule has 7 nitrogen and oxygen atoms in total. The number of hydrogen-bond acceptors (Lipinski definition) is 5. The summed E-state index contributed by atoms with van der Waals surface area (Å²) in [6.45, 7) is 6.90. The number of anilines is 1. The summed E-state index contributed by atoms with van der Waals surface area (Å²) in [5.74, 6) is 1.00. The van der Waals surface area contributed by atoms with Crippen LogP contribution in [0.25, 0.3) is 0 Å². The van der Waals surface area contributed by atoms with Crippen LogP contribution < -0.4 is 19.1 Å². The molecule has 2 aromatic rings. The minimum atomic E-state index is -3.68. The van der Waals surface area contributed by atoms with Crippen LogP contribution >= 0.6 is 0 Å². The number of nitrogens with zero attached hydrogens (tertiary/aromatic N) is 1. The number of carbonyl (C=O) groups is 1. The molecule has 30 heavy (non-hydrogen) atoms. The molecule has 0 aliphatic carbocycles. The lowest BCUT2D eigenvalue weighted by Crippen LogP contribution is -2.49. The molecule has 1 amide bonds. The first kappa shape index (κ1) is 23.5. The molecule has 0 aromatic heterocycles. The summed E-state index contributed by atoms with van der Waals surface area (Å²) in [5, 5.41) is 2.85. The summed E-state index contributed by atoms with van der Waals surface area (Å²) in [4.78, 5) is 12.9. The van der Waals surface area contributed by atoms with E-state index in [1.807, 2.05) is 38.1 Å². The number of ether oxygens (including phenoxy) is 2. The summed E-state index contributed by atoms with van der Waals surface area (Å²) in [6.07, 6.45) is 1.43. The lowest BCUT2D eigenvalue weighted by Gasteiger charge is -2.30. The topological polar surface area (TPSA) is 84.9 Å². The van der Waals surface area contributed by atoms with E-state index in [4.69, 9.17) is 9.47 Å². The van der Waals surface area contributed by atoms with Gasteiger partial charge in [-0.05, 0) is 62.2 Å². The molecule has 1 atom stereocenters. The first-order valence-corrected chi connectivity index (χ1v) is 11.9. The Morgan fingerprint density at radius 3 is 2.20 bits per heavy atom. The Kier molecular flexibility index (Phi) is 8.53. The van der Waals surface area contributed by atoms with Crippen LogP contribution in [0.4, 0.5) is 5.69 Å². The third-order valence-corrected chi connectivity index (χ3v) is 5.59. The first-order valence-electron chi connectivity index (χ1n) is 10.0. The second-order valence-electron chi connectivity index (χ2n) is 6.71. The van der Waals surface area contributed by atoms with Crippen LogP contribution in [0.5, 0.6) is 11.5 Å². The Labute approximate surface area is 179 Å². The van der Waals surface area contributed by atoms with E-state index in [-0.39, 0.29) is 12.5 Å². The zero-order valence-corrected chi connectivity index (χ0v) is 18.7. The molecule has 0 saturated carbocycles. The zero-order valence-electron chi connectivity index (χ0n) is 17.9. The van der Waals surface area contributed by atoms with Gasteiger partial charge in [-0.1, -0.05) is 19.1 Å². The van der Waals surface area contributed by atoms with Crippen molar-refractivity contribution in [3.05, 3.63) is 54.1 Å². The predicted molar refractivity (Wildman–Crippen MR) is 118 cm³/mol. The zero-order chi connectivity index (χ0) is 22.1. The van der Waals surface area contributed by atoms with Crippen LogP contribution in [0.2, 0.25) is 0 Å². The largest absolute Gasteiger partial charge is 0.494 e. The number of amides is 1. The van der Waals surface area contributed by atoms with E-state index in [0.29, 0.717) is 31.1 Å². The van der Waals surface area contributed by atoms with Gasteiger partial charge in [0, 0.05) is 6.54 Å². The van der Waals surface area contributed by atoms with E-state index in [2.05, 4.69) is 5.32 Å². The highest BCUT2D eigenvalue weighted by Gasteiger charge is 2.31. The summed E-state index contributed by atoms with van der Waals surface area (Å²) < 4.78 is 37.1. The molecule has 164 valence electrons. The summed E-state index contributed by atoms with van der Waals surface area (Å²) in [6, 6.07) is 13.2. The lowest BCUT2D eigenvalue weighted by atomic mass is 10.1. The summed E-state index contributed by atoms with van der Waals surface area (Å²) in [7, 11) is -3.68.